The molecule has 3 aromatic carbocycles. The van der Waals surface area contributed by atoms with Crippen LogP contribution in [0.2, 0.25) is 10.0 Å². The van der Waals surface area contributed by atoms with Crippen LogP contribution in [0.25, 0.3) is 17.0 Å². The molecule has 0 radical (unpaired) electrons. The maximum atomic E-state index is 13.4. The number of carbonyl (C=O) groups is 2. The Morgan fingerprint density at radius 3 is 2.58 bits per heavy atom. The molecule has 0 aliphatic carbocycles. The summed E-state index contributed by atoms with van der Waals surface area (Å²) in [6, 6.07) is 18.7. The summed E-state index contributed by atoms with van der Waals surface area (Å²) in [5.41, 5.74) is 2.92. The summed E-state index contributed by atoms with van der Waals surface area (Å²) in [7, 11) is 0. The molecule has 1 aliphatic heterocycles. The van der Waals surface area contributed by atoms with Crippen molar-refractivity contribution in [2.75, 3.05) is 4.90 Å². The summed E-state index contributed by atoms with van der Waals surface area (Å²) in [6.07, 6.45) is 3.62. The van der Waals surface area contributed by atoms with Gasteiger partial charge in [-0.1, -0.05) is 53.5 Å². The first-order chi connectivity index (χ1) is 15.9. The van der Waals surface area contributed by atoms with Crippen LogP contribution in [-0.2, 0) is 11.3 Å². The molecule has 4 aromatic rings. The van der Waals surface area contributed by atoms with Gasteiger partial charge in [-0.25, -0.2) is 9.29 Å². The van der Waals surface area contributed by atoms with Crippen molar-refractivity contribution in [3.63, 3.8) is 0 Å². The lowest BCUT2D eigenvalue weighted by atomic mass is 10.1. The van der Waals surface area contributed by atoms with Gasteiger partial charge in [-0.2, -0.15) is 0 Å². The maximum absolute atomic E-state index is 13.4. The normalized spacial score (nSPS) is 15.2. The first-order valence-corrected chi connectivity index (χ1v) is 11.5. The van der Waals surface area contributed by atoms with Crippen molar-refractivity contribution in [2.45, 2.75) is 6.54 Å². The third-order valence-electron chi connectivity index (χ3n) is 5.32. The molecule has 0 spiro atoms. The monoisotopic (exact) mass is 496 g/mol. The van der Waals surface area contributed by atoms with Gasteiger partial charge in [0.25, 0.3) is 11.1 Å². The molecule has 1 aromatic heterocycles. The minimum absolute atomic E-state index is 0.322. The first kappa shape index (κ1) is 21.8. The molecule has 0 saturated carbocycles. The highest BCUT2D eigenvalue weighted by molar-refractivity contribution is 8.19. The lowest BCUT2D eigenvalue weighted by molar-refractivity contribution is -0.113. The Hall–Kier alpha value is -3.06. The molecular weight excluding hydrogens is 482 g/mol. The van der Waals surface area contributed by atoms with Gasteiger partial charge >= 0.3 is 0 Å². The molecule has 0 N–H and O–H groups in total. The quantitative estimate of drug-likeness (QED) is 0.277. The number of rotatable bonds is 4. The minimum atomic E-state index is -0.398. The Labute approximate surface area is 203 Å². The fourth-order valence-electron chi connectivity index (χ4n) is 3.80. The zero-order valence-corrected chi connectivity index (χ0v) is 19.3. The van der Waals surface area contributed by atoms with E-state index in [0.717, 1.165) is 38.7 Å². The van der Waals surface area contributed by atoms with Crippen LogP contribution in [-0.4, -0.2) is 15.7 Å². The highest BCUT2D eigenvalue weighted by atomic mass is 35.5. The van der Waals surface area contributed by atoms with Crippen molar-refractivity contribution in [3.8, 4) is 0 Å². The van der Waals surface area contributed by atoms with Crippen LogP contribution < -0.4 is 4.90 Å². The summed E-state index contributed by atoms with van der Waals surface area (Å²) >= 11 is 13.2. The molecule has 0 bridgehead atoms. The molecule has 4 nitrogen and oxygen atoms in total. The number of imide groups is 1. The van der Waals surface area contributed by atoms with Crippen LogP contribution in [0.3, 0.4) is 0 Å². The van der Waals surface area contributed by atoms with Crippen LogP contribution >= 0.6 is 35.0 Å². The van der Waals surface area contributed by atoms with E-state index in [1.165, 1.54) is 12.1 Å². The Morgan fingerprint density at radius 2 is 1.79 bits per heavy atom. The Bertz CT molecular complexity index is 1460. The molecule has 8 heteroatoms. The van der Waals surface area contributed by atoms with Gasteiger partial charge in [-0.3, -0.25) is 9.59 Å². The lowest BCUT2D eigenvalue weighted by Crippen LogP contribution is -2.27. The molecule has 1 fully saturated rings. The first-order valence-electron chi connectivity index (χ1n) is 9.96. The molecule has 1 saturated heterocycles. The third kappa shape index (κ3) is 4.17. The molecule has 2 amide bonds. The van der Waals surface area contributed by atoms with Crippen molar-refractivity contribution in [3.05, 3.63) is 105 Å². The number of nitrogens with zero attached hydrogens (tertiary/aromatic N) is 2. The standard InChI is InChI=1S/C25H15Cl2FN2O2S/c26-17-4-3-5-19(11-17)30-24(31)23(33-25(30)32)10-16-14-29(22-7-2-1-6-20(16)22)13-15-8-9-18(28)12-21(15)27/h1-12,14H,13H2/b23-10+. The van der Waals surface area contributed by atoms with Gasteiger partial charge in [-0.15, -0.1) is 0 Å². The predicted octanol–water partition coefficient (Wildman–Crippen LogP) is 7.38. The van der Waals surface area contributed by atoms with Crippen molar-refractivity contribution in [1.29, 1.82) is 0 Å². The average molecular weight is 497 g/mol. The smallest absolute Gasteiger partial charge is 0.298 e. The fraction of sp³-hybridized carbons (Fsp3) is 0.0400. The third-order valence-corrected chi connectivity index (χ3v) is 6.78. The number of aromatic nitrogens is 1. The van der Waals surface area contributed by atoms with E-state index in [4.69, 9.17) is 23.2 Å². The van der Waals surface area contributed by atoms with E-state index in [1.807, 2.05) is 35.0 Å². The Morgan fingerprint density at radius 1 is 0.970 bits per heavy atom. The van der Waals surface area contributed by atoms with Gasteiger partial charge in [0.1, 0.15) is 5.82 Å². The fourth-order valence-corrected chi connectivity index (χ4v) is 5.04. The summed E-state index contributed by atoms with van der Waals surface area (Å²) in [5, 5.41) is 1.33. The summed E-state index contributed by atoms with van der Waals surface area (Å²) in [6.45, 7) is 0.428. The molecular formula is C25H15Cl2FN2O2S. The van der Waals surface area contributed by atoms with Crippen LogP contribution in [0, 0.1) is 5.82 Å². The molecule has 5 rings (SSSR count). The predicted molar refractivity (Wildman–Crippen MR) is 132 cm³/mol. The lowest BCUT2D eigenvalue weighted by Gasteiger charge is -2.12. The maximum Gasteiger partial charge on any atom is 0.298 e. The van der Waals surface area contributed by atoms with E-state index < -0.39 is 11.7 Å². The van der Waals surface area contributed by atoms with Crippen molar-refractivity contribution >= 4 is 68.8 Å². The van der Waals surface area contributed by atoms with Gasteiger partial charge in [0.15, 0.2) is 0 Å². The molecule has 0 unspecified atom stereocenters. The van der Waals surface area contributed by atoms with Crippen LogP contribution in [0.4, 0.5) is 14.9 Å². The number of hydrogen-bond donors (Lipinski definition) is 0. The van der Waals surface area contributed by atoms with E-state index in [0.29, 0.717) is 27.2 Å². The zero-order valence-electron chi connectivity index (χ0n) is 17.0. The van der Waals surface area contributed by atoms with E-state index in [-0.39, 0.29) is 5.24 Å². The van der Waals surface area contributed by atoms with Crippen LogP contribution in [0.1, 0.15) is 11.1 Å². The van der Waals surface area contributed by atoms with E-state index in [9.17, 15) is 14.0 Å². The SMILES string of the molecule is O=C1S/C(=C/c2cn(Cc3ccc(F)cc3Cl)c3ccccc23)C(=O)N1c1cccc(Cl)c1. The van der Waals surface area contributed by atoms with Gasteiger partial charge in [0.05, 0.1) is 10.6 Å². The number of benzene rings is 3. The molecule has 164 valence electrons. The number of fused-ring (bicyclic) bond motifs is 1. The van der Waals surface area contributed by atoms with Gasteiger partial charge < -0.3 is 4.57 Å². The van der Waals surface area contributed by atoms with E-state index >= 15 is 0 Å². The molecule has 33 heavy (non-hydrogen) atoms. The molecule has 1 aliphatic rings. The van der Waals surface area contributed by atoms with Crippen LogP contribution in [0.5, 0.6) is 0 Å². The topological polar surface area (TPSA) is 42.3 Å². The minimum Gasteiger partial charge on any atom is -0.342 e. The molecule has 0 atom stereocenters. The van der Waals surface area contributed by atoms with Crippen molar-refractivity contribution in [1.82, 2.24) is 4.57 Å². The second-order valence-corrected chi connectivity index (χ2v) is 9.30. The average Bonchev–Trinajstić information content (AvgIpc) is 3.27. The van der Waals surface area contributed by atoms with E-state index in [2.05, 4.69) is 0 Å². The summed E-state index contributed by atoms with van der Waals surface area (Å²) < 4.78 is 15.4. The Kier molecular flexibility index (Phi) is 5.74. The van der Waals surface area contributed by atoms with Gasteiger partial charge in [0, 0.05) is 39.3 Å². The van der Waals surface area contributed by atoms with Gasteiger partial charge in [0.2, 0.25) is 0 Å². The van der Waals surface area contributed by atoms with Crippen LogP contribution in [0.15, 0.2) is 77.8 Å². The number of amides is 2. The number of para-hydroxylation sites is 1. The largest absolute Gasteiger partial charge is 0.342 e. The number of halogens is 3. The number of thioether (sulfide) groups is 1. The van der Waals surface area contributed by atoms with Crippen molar-refractivity contribution in [2.24, 2.45) is 0 Å². The number of hydrogen-bond acceptors (Lipinski definition) is 3. The second-order valence-electron chi connectivity index (χ2n) is 7.46. The Balaban J connectivity index is 1.53. The second kappa shape index (κ2) is 8.71. The highest BCUT2D eigenvalue weighted by Gasteiger charge is 2.36. The number of anilines is 1. The summed E-state index contributed by atoms with van der Waals surface area (Å²) in [4.78, 5) is 27.1. The number of carbonyl (C=O) groups excluding carboxylic acids is 2. The zero-order chi connectivity index (χ0) is 23.1. The molecule has 2 heterocycles. The van der Waals surface area contributed by atoms with Crippen molar-refractivity contribution < 1.29 is 14.0 Å². The summed E-state index contributed by atoms with van der Waals surface area (Å²) in [5.74, 6) is -0.789. The van der Waals surface area contributed by atoms with Gasteiger partial charge in [-0.05, 0) is 59.8 Å². The highest BCUT2D eigenvalue weighted by Crippen LogP contribution is 2.37. The van der Waals surface area contributed by atoms with E-state index in [1.54, 1.807) is 36.4 Å².